The Hall–Kier alpha value is -1.35. The molecule has 0 saturated carbocycles. The van der Waals surface area contributed by atoms with Gasteiger partial charge >= 0.3 is 0 Å². The molecule has 0 aliphatic rings. The van der Waals surface area contributed by atoms with Crippen LogP contribution in [0.3, 0.4) is 0 Å². The van der Waals surface area contributed by atoms with E-state index in [-0.39, 0.29) is 5.92 Å². The quantitative estimate of drug-likeness (QED) is 0.711. The minimum Gasteiger partial charge on any atom is -0.368 e. The third kappa shape index (κ3) is 2.29. The zero-order valence-electron chi connectivity index (χ0n) is 7.60. The van der Waals surface area contributed by atoms with Crippen molar-refractivity contribution in [2.45, 2.75) is 18.9 Å². The first-order valence-corrected chi connectivity index (χ1v) is 4.22. The molecule has 1 amide bonds. The number of benzene rings is 1. The first kappa shape index (κ1) is 9.74. The first-order valence-electron chi connectivity index (χ1n) is 4.22. The molecule has 4 N–H and O–H groups in total. The molecule has 3 heteroatoms. The highest BCUT2D eigenvalue weighted by Crippen LogP contribution is 2.16. The monoisotopic (exact) mass is 178 g/mol. The van der Waals surface area contributed by atoms with Gasteiger partial charge in [0.1, 0.15) is 0 Å². The number of hydrogen-bond acceptors (Lipinski definition) is 2. The van der Waals surface area contributed by atoms with E-state index in [1.807, 2.05) is 37.3 Å². The van der Waals surface area contributed by atoms with Crippen molar-refractivity contribution in [3.63, 3.8) is 0 Å². The van der Waals surface area contributed by atoms with E-state index >= 15 is 0 Å². The zero-order chi connectivity index (χ0) is 9.84. The topological polar surface area (TPSA) is 69.1 Å². The van der Waals surface area contributed by atoms with Gasteiger partial charge in [-0.2, -0.15) is 0 Å². The summed E-state index contributed by atoms with van der Waals surface area (Å²) in [5, 5.41) is 0. The Morgan fingerprint density at radius 2 is 1.85 bits per heavy atom. The molecule has 1 rings (SSSR count). The SMILES string of the molecule is C[C@H](c1ccccc1)[C@H](N)C(N)=O. The molecule has 0 aliphatic carbocycles. The molecule has 0 spiro atoms. The van der Waals surface area contributed by atoms with Crippen molar-refractivity contribution in [2.24, 2.45) is 11.5 Å². The van der Waals surface area contributed by atoms with Crippen LogP contribution in [-0.2, 0) is 4.79 Å². The third-order valence-electron chi connectivity index (χ3n) is 2.19. The van der Waals surface area contributed by atoms with Crippen molar-refractivity contribution in [3.05, 3.63) is 35.9 Å². The number of nitrogens with two attached hydrogens (primary N) is 2. The maximum Gasteiger partial charge on any atom is 0.234 e. The van der Waals surface area contributed by atoms with Gasteiger partial charge in [0, 0.05) is 5.92 Å². The number of hydrogen-bond donors (Lipinski definition) is 2. The number of amides is 1. The smallest absolute Gasteiger partial charge is 0.234 e. The van der Waals surface area contributed by atoms with Crippen molar-refractivity contribution in [3.8, 4) is 0 Å². The van der Waals surface area contributed by atoms with Crippen LogP contribution in [0.5, 0.6) is 0 Å². The summed E-state index contributed by atoms with van der Waals surface area (Å²) in [4.78, 5) is 10.8. The van der Waals surface area contributed by atoms with Gasteiger partial charge in [0.25, 0.3) is 0 Å². The van der Waals surface area contributed by atoms with Crippen LogP contribution in [0.15, 0.2) is 30.3 Å². The molecule has 0 saturated heterocycles. The predicted molar refractivity (Wildman–Crippen MR) is 52.0 cm³/mol. The molecule has 0 aliphatic heterocycles. The number of carbonyl (C=O) groups is 1. The summed E-state index contributed by atoms with van der Waals surface area (Å²) in [5.41, 5.74) is 11.8. The molecule has 70 valence electrons. The molecular formula is C10H14N2O. The van der Waals surface area contributed by atoms with E-state index in [9.17, 15) is 4.79 Å². The lowest BCUT2D eigenvalue weighted by Gasteiger charge is -2.16. The van der Waals surface area contributed by atoms with E-state index in [1.165, 1.54) is 0 Å². The molecule has 0 bridgehead atoms. The van der Waals surface area contributed by atoms with Crippen molar-refractivity contribution in [1.82, 2.24) is 0 Å². The lowest BCUT2D eigenvalue weighted by atomic mass is 9.94. The predicted octanol–water partition coefficient (Wildman–Crippen LogP) is 0.603. The Labute approximate surface area is 77.7 Å². The van der Waals surface area contributed by atoms with Crippen LogP contribution < -0.4 is 11.5 Å². The van der Waals surface area contributed by atoms with E-state index in [2.05, 4.69) is 0 Å². The number of rotatable bonds is 3. The zero-order valence-corrected chi connectivity index (χ0v) is 7.60. The maximum absolute atomic E-state index is 10.8. The lowest BCUT2D eigenvalue weighted by molar-refractivity contribution is -0.119. The molecule has 0 heterocycles. The van der Waals surface area contributed by atoms with Gasteiger partial charge in [-0.05, 0) is 5.56 Å². The Morgan fingerprint density at radius 1 is 1.31 bits per heavy atom. The summed E-state index contributed by atoms with van der Waals surface area (Å²) in [6.07, 6.45) is 0. The third-order valence-corrected chi connectivity index (χ3v) is 2.19. The van der Waals surface area contributed by atoms with E-state index in [0.717, 1.165) is 5.56 Å². The van der Waals surface area contributed by atoms with Crippen molar-refractivity contribution in [2.75, 3.05) is 0 Å². The second kappa shape index (κ2) is 4.05. The summed E-state index contributed by atoms with van der Waals surface area (Å²) in [7, 11) is 0. The van der Waals surface area contributed by atoms with Gasteiger partial charge in [0.15, 0.2) is 0 Å². The second-order valence-electron chi connectivity index (χ2n) is 3.13. The minimum atomic E-state index is -0.609. The summed E-state index contributed by atoms with van der Waals surface area (Å²) in [6, 6.07) is 9.02. The van der Waals surface area contributed by atoms with Gasteiger partial charge in [0.2, 0.25) is 5.91 Å². The highest BCUT2D eigenvalue weighted by atomic mass is 16.1. The first-order chi connectivity index (χ1) is 6.13. The molecule has 0 unspecified atom stereocenters. The summed E-state index contributed by atoms with van der Waals surface area (Å²) in [6.45, 7) is 1.89. The summed E-state index contributed by atoms with van der Waals surface area (Å²) < 4.78 is 0. The Balaban J connectivity index is 2.79. The van der Waals surface area contributed by atoms with Crippen LogP contribution in [0, 0.1) is 0 Å². The van der Waals surface area contributed by atoms with Gasteiger partial charge in [-0.25, -0.2) is 0 Å². The highest BCUT2D eigenvalue weighted by molar-refractivity contribution is 5.80. The van der Waals surface area contributed by atoms with Gasteiger partial charge in [-0.3, -0.25) is 4.79 Å². The van der Waals surface area contributed by atoms with Crippen LogP contribution in [0.25, 0.3) is 0 Å². The van der Waals surface area contributed by atoms with E-state index in [0.29, 0.717) is 0 Å². The largest absolute Gasteiger partial charge is 0.368 e. The summed E-state index contributed by atoms with van der Waals surface area (Å²) >= 11 is 0. The second-order valence-corrected chi connectivity index (χ2v) is 3.13. The summed E-state index contributed by atoms with van der Waals surface area (Å²) in [5.74, 6) is -0.491. The van der Waals surface area contributed by atoms with Gasteiger partial charge in [0.05, 0.1) is 6.04 Å². The van der Waals surface area contributed by atoms with Crippen molar-refractivity contribution in [1.29, 1.82) is 0 Å². The minimum absolute atomic E-state index is 0.0290. The fraction of sp³-hybridized carbons (Fsp3) is 0.300. The normalized spacial score (nSPS) is 14.9. The number of primary amides is 1. The van der Waals surface area contributed by atoms with Gasteiger partial charge in [-0.1, -0.05) is 37.3 Å². The molecular weight excluding hydrogens is 164 g/mol. The Bertz CT molecular complexity index is 284. The molecule has 3 nitrogen and oxygen atoms in total. The molecule has 0 fully saturated rings. The van der Waals surface area contributed by atoms with Crippen molar-refractivity contribution >= 4 is 5.91 Å². The van der Waals surface area contributed by atoms with E-state index in [4.69, 9.17) is 11.5 Å². The van der Waals surface area contributed by atoms with Crippen molar-refractivity contribution < 1.29 is 4.79 Å². The van der Waals surface area contributed by atoms with Gasteiger partial charge in [-0.15, -0.1) is 0 Å². The Kier molecular flexibility index (Phi) is 3.03. The fourth-order valence-electron chi connectivity index (χ4n) is 1.21. The fourth-order valence-corrected chi connectivity index (χ4v) is 1.21. The average Bonchev–Trinajstić information content (AvgIpc) is 2.17. The van der Waals surface area contributed by atoms with Crippen LogP contribution in [0.4, 0.5) is 0 Å². The maximum atomic E-state index is 10.8. The Morgan fingerprint density at radius 3 is 2.31 bits per heavy atom. The van der Waals surface area contributed by atoms with Gasteiger partial charge < -0.3 is 11.5 Å². The molecule has 0 aromatic heterocycles. The van der Waals surface area contributed by atoms with Crippen LogP contribution >= 0.6 is 0 Å². The molecule has 1 aromatic carbocycles. The molecule has 2 atom stereocenters. The standard InChI is InChI=1S/C10H14N2O/c1-7(9(11)10(12)13)8-5-3-2-4-6-8/h2-7,9H,11H2,1H3,(H2,12,13)/t7-,9+/m1/s1. The van der Waals surface area contributed by atoms with E-state index in [1.54, 1.807) is 0 Å². The molecule has 13 heavy (non-hydrogen) atoms. The van der Waals surface area contributed by atoms with Crippen LogP contribution in [0.1, 0.15) is 18.4 Å². The highest BCUT2D eigenvalue weighted by Gasteiger charge is 2.18. The molecule has 0 radical (unpaired) electrons. The van der Waals surface area contributed by atoms with E-state index < -0.39 is 11.9 Å². The van der Waals surface area contributed by atoms with Crippen LogP contribution in [-0.4, -0.2) is 11.9 Å². The lowest BCUT2D eigenvalue weighted by Crippen LogP contribution is -2.40. The average molecular weight is 178 g/mol. The van der Waals surface area contributed by atoms with Crippen LogP contribution in [0.2, 0.25) is 0 Å². The molecule has 1 aromatic rings. The number of carbonyl (C=O) groups excluding carboxylic acids is 1.